The molecular formula is C24H32N2O4S. The number of ether oxygens (including phenoxy) is 1. The maximum atomic E-state index is 12.8. The summed E-state index contributed by atoms with van der Waals surface area (Å²) in [6.07, 6.45) is 1.17. The van der Waals surface area contributed by atoms with E-state index in [-0.39, 0.29) is 23.7 Å². The lowest BCUT2D eigenvalue weighted by Crippen LogP contribution is -2.43. The van der Waals surface area contributed by atoms with E-state index in [2.05, 4.69) is 5.32 Å². The number of rotatable bonds is 8. The number of aryl methyl sites for hydroxylation is 1. The van der Waals surface area contributed by atoms with Gasteiger partial charge < -0.3 is 10.1 Å². The average Bonchev–Trinajstić information content (AvgIpc) is 2.73. The van der Waals surface area contributed by atoms with Crippen molar-refractivity contribution in [2.75, 3.05) is 13.1 Å². The van der Waals surface area contributed by atoms with Gasteiger partial charge in [0, 0.05) is 25.6 Å². The highest BCUT2D eigenvalue weighted by Crippen LogP contribution is 2.23. The van der Waals surface area contributed by atoms with Crippen LogP contribution in [-0.4, -0.2) is 37.8 Å². The van der Waals surface area contributed by atoms with Crippen molar-refractivity contribution in [1.82, 2.24) is 9.62 Å². The number of benzene rings is 2. The number of hydrogen-bond donors (Lipinski definition) is 1. The van der Waals surface area contributed by atoms with E-state index in [9.17, 15) is 13.2 Å². The van der Waals surface area contributed by atoms with E-state index in [0.29, 0.717) is 32.5 Å². The Balaban J connectivity index is 1.50. The first-order valence-electron chi connectivity index (χ1n) is 10.8. The number of sulfonamides is 1. The van der Waals surface area contributed by atoms with Crippen LogP contribution in [0.1, 0.15) is 43.4 Å². The maximum absolute atomic E-state index is 12.8. The fourth-order valence-corrected chi connectivity index (χ4v) is 5.46. The summed E-state index contributed by atoms with van der Waals surface area (Å²) in [6.45, 7) is 7.06. The van der Waals surface area contributed by atoms with Crippen molar-refractivity contribution in [2.24, 2.45) is 5.92 Å². The van der Waals surface area contributed by atoms with Gasteiger partial charge in [-0.2, -0.15) is 0 Å². The van der Waals surface area contributed by atoms with Crippen LogP contribution in [0.3, 0.4) is 0 Å². The van der Waals surface area contributed by atoms with E-state index < -0.39 is 10.0 Å². The van der Waals surface area contributed by atoms with Gasteiger partial charge >= 0.3 is 0 Å². The van der Waals surface area contributed by atoms with Crippen molar-refractivity contribution in [3.05, 3.63) is 65.2 Å². The van der Waals surface area contributed by atoms with Gasteiger partial charge in [0.25, 0.3) is 0 Å². The summed E-state index contributed by atoms with van der Waals surface area (Å²) in [5, 5.41) is 2.99. The molecule has 2 aromatic rings. The molecule has 6 nitrogen and oxygen atoms in total. The molecule has 1 fully saturated rings. The van der Waals surface area contributed by atoms with E-state index >= 15 is 0 Å². The van der Waals surface area contributed by atoms with Crippen LogP contribution in [0.2, 0.25) is 0 Å². The predicted molar refractivity (Wildman–Crippen MR) is 122 cm³/mol. The van der Waals surface area contributed by atoms with Crippen LogP contribution < -0.4 is 10.1 Å². The second kappa shape index (κ2) is 10.3. The van der Waals surface area contributed by atoms with Crippen LogP contribution in [0.5, 0.6) is 5.75 Å². The van der Waals surface area contributed by atoms with E-state index in [1.54, 1.807) is 0 Å². The molecule has 0 bridgehead atoms. The normalized spacial score (nSPS) is 15.7. The fraction of sp³-hybridized carbons (Fsp3) is 0.458. The van der Waals surface area contributed by atoms with Crippen LogP contribution >= 0.6 is 0 Å². The van der Waals surface area contributed by atoms with Gasteiger partial charge in [-0.1, -0.05) is 36.4 Å². The summed E-state index contributed by atoms with van der Waals surface area (Å²) < 4.78 is 32.9. The molecule has 168 valence electrons. The standard InChI is InChI=1S/C24H32N2O4S/c1-18(2)30-23-10-6-8-20(15-23)16-25-24(27)21-11-13-26(14-12-21)31(28,29)17-22-9-5-4-7-19(22)3/h4-10,15,18,21H,11-14,16-17H2,1-3H3,(H,25,27). The van der Waals surface area contributed by atoms with Gasteiger partial charge in [-0.3, -0.25) is 4.79 Å². The minimum absolute atomic E-state index is 0.00528. The minimum Gasteiger partial charge on any atom is -0.491 e. The third-order valence-electron chi connectivity index (χ3n) is 5.55. The number of carbonyl (C=O) groups excluding carboxylic acids is 1. The quantitative estimate of drug-likeness (QED) is 0.675. The van der Waals surface area contributed by atoms with E-state index in [1.807, 2.05) is 69.3 Å². The van der Waals surface area contributed by atoms with Crippen LogP contribution in [0.15, 0.2) is 48.5 Å². The molecule has 0 aliphatic carbocycles. The molecule has 3 rings (SSSR count). The largest absolute Gasteiger partial charge is 0.491 e. The molecule has 1 aliphatic heterocycles. The summed E-state index contributed by atoms with van der Waals surface area (Å²) in [5.41, 5.74) is 2.78. The Morgan fingerprint density at radius 3 is 2.52 bits per heavy atom. The Kier molecular flexibility index (Phi) is 7.73. The minimum atomic E-state index is -3.39. The zero-order valence-electron chi connectivity index (χ0n) is 18.5. The number of amides is 1. The molecule has 1 heterocycles. The number of carbonyl (C=O) groups is 1. The van der Waals surface area contributed by atoms with Crippen molar-refractivity contribution < 1.29 is 17.9 Å². The third kappa shape index (κ3) is 6.55. The first kappa shape index (κ1) is 23.3. The maximum Gasteiger partial charge on any atom is 0.223 e. The number of nitrogens with zero attached hydrogens (tertiary/aromatic N) is 1. The van der Waals surface area contributed by atoms with Gasteiger partial charge in [-0.05, 0) is 62.4 Å². The van der Waals surface area contributed by atoms with Gasteiger partial charge in [0.15, 0.2) is 0 Å². The Bertz CT molecular complexity index is 996. The van der Waals surface area contributed by atoms with Gasteiger partial charge in [0.05, 0.1) is 11.9 Å². The van der Waals surface area contributed by atoms with Crippen LogP contribution in [0, 0.1) is 12.8 Å². The number of nitrogens with one attached hydrogen (secondary N) is 1. The van der Waals surface area contributed by atoms with Gasteiger partial charge in [-0.25, -0.2) is 12.7 Å². The molecule has 1 aliphatic rings. The Morgan fingerprint density at radius 1 is 1.13 bits per heavy atom. The smallest absolute Gasteiger partial charge is 0.223 e. The van der Waals surface area contributed by atoms with Crippen LogP contribution in [0.25, 0.3) is 0 Å². The van der Waals surface area contributed by atoms with Gasteiger partial charge in [0.2, 0.25) is 15.9 Å². The molecule has 0 radical (unpaired) electrons. The summed E-state index contributed by atoms with van der Waals surface area (Å²) in [7, 11) is -3.39. The summed E-state index contributed by atoms with van der Waals surface area (Å²) >= 11 is 0. The summed E-state index contributed by atoms with van der Waals surface area (Å²) in [6, 6.07) is 15.2. The lowest BCUT2D eigenvalue weighted by atomic mass is 9.97. The molecular weight excluding hydrogens is 412 g/mol. The fourth-order valence-electron chi connectivity index (χ4n) is 3.79. The highest BCUT2D eigenvalue weighted by atomic mass is 32.2. The predicted octanol–water partition coefficient (Wildman–Crippen LogP) is 3.64. The van der Waals surface area contributed by atoms with E-state index in [4.69, 9.17) is 4.74 Å². The zero-order chi connectivity index (χ0) is 22.4. The summed E-state index contributed by atoms with van der Waals surface area (Å²) in [4.78, 5) is 12.6. The Hall–Kier alpha value is -2.38. The van der Waals surface area contributed by atoms with E-state index in [0.717, 1.165) is 22.4 Å². The molecule has 2 aromatic carbocycles. The monoisotopic (exact) mass is 444 g/mol. The van der Waals surface area contributed by atoms with Crippen LogP contribution in [-0.2, 0) is 27.1 Å². The van der Waals surface area contributed by atoms with Crippen molar-refractivity contribution >= 4 is 15.9 Å². The second-order valence-corrected chi connectivity index (χ2v) is 10.4. The molecule has 0 atom stereocenters. The van der Waals surface area contributed by atoms with Crippen molar-refractivity contribution in [3.8, 4) is 5.75 Å². The molecule has 1 saturated heterocycles. The molecule has 0 spiro atoms. The SMILES string of the molecule is Cc1ccccc1CS(=O)(=O)N1CCC(C(=O)NCc2cccc(OC(C)C)c2)CC1. The Morgan fingerprint density at radius 2 is 1.84 bits per heavy atom. The van der Waals surface area contributed by atoms with Gasteiger partial charge in [0.1, 0.15) is 5.75 Å². The Labute approximate surface area is 185 Å². The molecule has 0 aromatic heterocycles. The molecule has 31 heavy (non-hydrogen) atoms. The summed E-state index contributed by atoms with van der Waals surface area (Å²) in [5.74, 6) is 0.603. The first-order valence-corrected chi connectivity index (χ1v) is 12.4. The second-order valence-electron chi connectivity index (χ2n) is 8.39. The van der Waals surface area contributed by atoms with Gasteiger partial charge in [-0.15, -0.1) is 0 Å². The van der Waals surface area contributed by atoms with Crippen LogP contribution in [0.4, 0.5) is 0 Å². The van der Waals surface area contributed by atoms with Crippen molar-refractivity contribution in [3.63, 3.8) is 0 Å². The number of piperidine rings is 1. The molecule has 0 unspecified atom stereocenters. The lowest BCUT2D eigenvalue weighted by molar-refractivity contribution is -0.126. The highest BCUT2D eigenvalue weighted by Gasteiger charge is 2.31. The van der Waals surface area contributed by atoms with Crippen molar-refractivity contribution in [2.45, 2.75) is 52.0 Å². The highest BCUT2D eigenvalue weighted by molar-refractivity contribution is 7.88. The average molecular weight is 445 g/mol. The zero-order valence-corrected chi connectivity index (χ0v) is 19.3. The molecule has 1 amide bonds. The molecule has 7 heteroatoms. The lowest BCUT2D eigenvalue weighted by Gasteiger charge is -2.30. The van der Waals surface area contributed by atoms with Crippen molar-refractivity contribution in [1.29, 1.82) is 0 Å². The molecule has 0 saturated carbocycles. The van der Waals surface area contributed by atoms with E-state index in [1.165, 1.54) is 4.31 Å². The third-order valence-corrected chi connectivity index (χ3v) is 7.38. The number of hydrogen-bond acceptors (Lipinski definition) is 4. The first-order chi connectivity index (χ1) is 14.7. The molecule has 1 N–H and O–H groups in total. The topological polar surface area (TPSA) is 75.7 Å².